The molecule has 0 saturated heterocycles. The summed E-state index contributed by atoms with van der Waals surface area (Å²) < 4.78 is 47.6. The van der Waals surface area contributed by atoms with Gasteiger partial charge in [0.05, 0.1) is 9.79 Å². The lowest BCUT2D eigenvalue weighted by Crippen LogP contribution is -2.01. The van der Waals surface area contributed by atoms with E-state index in [2.05, 4.69) is 0 Å². The summed E-state index contributed by atoms with van der Waals surface area (Å²) in [6.45, 7) is 0.285. The predicted molar refractivity (Wildman–Crippen MR) is 77.2 cm³/mol. The number of thiophene rings is 1. The van der Waals surface area contributed by atoms with Crippen LogP contribution in [0.15, 0.2) is 50.4 Å². The van der Waals surface area contributed by atoms with Gasteiger partial charge in [-0.05, 0) is 36.4 Å². The molecule has 0 fully saturated rings. The molecule has 0 radical (unpaired) electrons. The van der Waals surface area contributed by atoms with E-state index in [-0.39, 0.29) is 20.5 Å². The van der Waals surface area contributed by atoms with Crippen molar-refractivity contribution in [3.63, 3.8) is 0 Å². The highest BCUT2D eigenvalue weighted by Crippen LogP contribution is 2.28. The van der Waals surface area contributed by atoms with Gasteiger partial charge in [0.25, 0.3) is 0 Å². The van der Waals surface area contributed by atoms with Crippen molar-refractivity contribution < 1.29 is 16.8 Å². The molecule has 20 heavy (non-hydrogen) atoms. The monoisotopic (exact) mass is 331 g/mol. The van der Waals surface area contributed by atoms with Crippen LogP contribution < -0.4 is 5.73 Å². The minimum atomic E-state index is -3.62. The van der Waals surface area contributed by atoms with Gasteiger partial charge in [-0.1, -0.05) is 0 Å². The molecule has 0 atom stereocenters. The maximum absolute atomic E-state index is 12.3. The number of sulfone groups is 2. The van der Waals surface area contributed by atoms with Gasteiger partial charge in [0.2, 0.25) is 9.84 Å². The first kappa shape index (κ1) is 15.2. The molecule has 0 unspecified atom stereocenters. The van der Waals surface area contributed by atoms with Crippen molar-refractivity contribution in [2.45, 2.75) is 20.5 Å². The summed E-state index contributed by atoms with van der Waals surface area (Å²) in [7, 11) is -6.96. The van der Waals surface area contributed by atoms with E-state index in [1.807, 2.05) is 0 Å². The summed E-state index contributed by atoms with van der Waals surface area (Å²) in [6.07, 6.45) is 1.07. The van der Waals surface area contributed by atoms with E-state index in [0.717, 1.165) is 22.5 Å². The Morgan fingerprint density at radius 2 is 1.50 bits per heavy atom. The fourth-order valence-electron chi connectivity index (χ4n) is 1.59. The lowest BCUT2D eigenvalue weighted by atomic mass is 10.4. The Labute approximate surface area is 121 Å². The summed E-state index contributed by atoms with van der Waals surface area (Å²) >= 11 is 1.11. The van der Waals surface area contributed by atoms with E-state index in [9.17, 15) is 16.8 Å². The normalized spacial score (nSPS) is 12.5. The molecule has 0 aliphatic heterocycles. The summed E-state index contributed by atoms with van der Waals surface area (Å²) in [6, 6.07) is 8.36. The highest BCUT2D eigenvalue weighted by atomic mass is 32.2. The molecule has 2 rings (SSSR count). The van der Waals surface area contributed by atoms with Crippen molar-refractivity contribution >= 4 is 31.0 Å². The van der Waals surface area contributed by atoms with Crippen LogP contribution in [0, 0.1) is 0 Å². The number of rotatable bonds is 4. The maximum Gasteiger partial charge on any atom is 0.215 e. The quantitative estimate of drug-likeness (QED) is 0.915. The van der Waals surface area contributed by atoms with Crippen molar-refractivity contribution in [1.82, 2.24) is 0 Å². The fraction of sp³-hybridized carbons (Fsp3) is 0.167. The van der Waals surface area contributed by atoms with Gasteiger partial charge < -0.3 is 5.73 Å². The van der Waals surface area contributed by atoms with Crippen LogP contribution in [0.5, 0.6) is 0 Å². The van der Waals surface area contributed by atoms with Gasteiger partial charge in [0, 0.05) is 17.7 Å². The Morgan fingerprint density at radius 3 is 1.95 bits per heavy atom. The molecule has 0 amide bonds. The van der Waals surface area contributed by atoms with Gasteiger partial charge in [-0.2, -0.15) is 0 Å². The highest BCUT2D eigenvalue weighted by molar-refractivity contribution is 7.93. The van der Waals surface area contributed by atoms with E-state index in [1.165, 1.54) is 30.3 Å². The second-order valence-electron chi connectivity index (χ2n) is 4.17. The van der Waals surface area contributed by atoms with E-state index in [0.29, 0.717) is 0 Å². The van der Waals surface area contributed by atoms with Crippen LogP contribution >= 0.6 is 11.3 Å². The lowest BCUT2D eigenvalue weighted by molar-refractivity contribution is 0.595. The highest BCUT2D eigenvalue weighted by Gasteiger charge is 2.20. The Bertz CT molecular complexity index is 818. The van der Waals surface area contributed by atoms with Crippen LogP contribution in [0.25, 0.3) is 0 Å². The van der Waals surface area contributed by atoms with E-state index < -0.39 is 19.7 Å². The molecule has 2 N–H and O–H groups in total. The molecular weight excluding hydrogens is 318 g/mol. The molecule has 5 nitrogen and oxygen atoms in total. The number of hydrogen-bond donors (Lipinski definition) is 1. The number of benzene rings is 1. The molecule has 1 aromatic heterocycles. The summed E-state index contributed by atoms with van der Waals surface area (Å²) in [4.78, 5) is 0.928. The zero-order valence-electron chi connectivity index (χ0n) is 10.6. The molecule has 108 valence electrons. The predicted octanol–water partition coefficient (Wildman–Crippen LogP) is 1.44. The van der Waals surface area contributed by atoms with Crippen molar-refractivity contribution in [2.24, 2.45) is 5.73 Å². The van der Waals surface area contributed by atoms with Crippen LogP contribution in [-0.4, -0.2) is 23.1 Å². The van der Waals surface area contributed by atoms with Crippen molar-refractivity contribution in [2.75, 3.05) is 6.26 Å². The van der Waals surface area contributed by atoms with Gasteiger partial charge in [-0.25, -0.2) is 16.8 Å². The van der Waals surface area contributed by atoms with Gasteiger partial charge in [0.1, 0.15) is 4.21 Å². The van der Waals surface area contributed by atoms with Crippen molar-refractivity contribution in [3.05, 3.63) is 41.3 Å². The van der Waals surface area contributed by atoms with E-state index >= 15 is 0 Å². The molecule has 0 spiro atoms. The third kappa shape index (κ3) is 2.93. The standard InChI is InChI=1S/C12H13NO4S3/c1-19(14,15)10-3-5-11(6-4-10)20(16,17)12-7-2-9(8-13)18-12/h2-7H,8,13H2,1H3. The Kier molecular flexibility index (Phi) is 4.01. The third-order valence-electron chi connectivity index (χ3n) is 2.67. The zero-order chi connectivity index (χ0) is 15.0. The lowest BCUT2D eigenvalue weighted by Gasteiger charge is -2.03. The van der Waals surface area contributed by atoms with Gasteiger partial charge >= 0.3 is 0 Å². The van der Waals surface area contributed by atoms with Crippen LogP contribution in [0.4, 0.5) is 0 Å². The molecule has 0 aliphatic rings. The summed E-state index contributed by atoms with van der Waals surface area (Å²) in [5.74, 6) is 0. The minimum absolute atomic E-state index is 0.0651. The summed E-state index contributed by atoms with van der Waals surface area (Å²) in [5.41, 5.74) is 5.46. The Hall–Kier alpha value is -1.22. The van der Waals surface area contributed by atoms with Crippen LogP contribution in [0.3, 0.4) is 0 Å². The zero-order valence-corrected chi connectivity index (χ0v) is 13.1. The van der Waals surface area contributed by atoms with Gasteiger partial charge in [-0.3, -0.25) is 0 Å². The molecule has 1 heterocycles. The average Bonchev–Trinajstić information content (AvgIpc) is 2.87. The minimum Gasteiger partial charge on any atom is -0.326 e. The van der Waals surface area contributed by atoms with Gasteiger partial charge in [0.15, 0.2) is 9.84 Å². The second kappa shape index (κ2) is 5.28. The largest absolute Gasteiger partial charge is 0.326 e. The van der Waals surface area contributed by atoms with Crippen molar-refractivity contribution in [1.29, 1.82) is 0 Å². The molecule has 1 aromatic carbocycles. The maximum atomic E-state index is 12.3. The smallest absolute Gasteiger partial charge is 0.215 e. The molecule has 0 aliphatic carbocycles. The van der Waals surface area contributed by atoms with Crippen LogP contribution in [0.2, 0.25) is 0 Å². The summed E-state index contributed by atoms with van der Waals surface area (Å²) in [5, 5.41) is 0. The molecule has 0 saturated carbocycles. The first-order valence-electron chi connectivity index (χ1n) is 5.59. The topological polar surface area (TPSA) is 94.3 Å². The molecule has 0 bridgehead atoms. The fourth-order valence-corrected chi connectivity index (χ4v) is 4.86. The molecule has 8 heteroatoms. The van der Waals surface area contributed by atoms with Crippen molar-refractivity contribution in [3.8, 4) is 0 Å². The van der Waals surface area contributed by atoms with Gasteiger partial charge in [-0.15, -0.1) is 11.3 Å². The SMILES string of the molecule is CS(=O)(=O)c1ccc(S(=O)(=O)c2ccc(CN)s2)cc1. The molecular formula is C12H13NO4S3. The second-order valence-corrected chi connectivity index (χ2v) is 9.53. The van der Waals surface area contributed by atoms with Crippen LogP contribution in [0.1, 0.15) is 4.88 Å². The Morgan fingerprint density at radius 1 is 0.950 bits per heavy atom. The van der Waals surface area contributed by atoms with Crippen LogP contribution in [-0.2, 0) is 26.2 Å². The number of nitrogens with two attached hydrogens (primary N) is 1. The van der Waals surface area contributed by atoms with E-state index in [4.69, 9.17) is 5.73 Å². The third-order valence-corrected chi connectivity index (χ3v) is 7.16. The Balaban J connectivity index is 2.45. The van der Waals surface area contributed by atoms with E-state index in [1.54, 1.807) is 6.07 Å². The molecule has 2 aromatic rings. The first-order chi connectivity index (χ1) is 9.25. The first-order valence-corrected chi connectivity index (χ1v) is 9.78. The average molecular weight is 331 g/mol. The number of hydrogen-bond acceptors (Lipinski definition) is 6.